The molecule has 1 heterocycles. The second-order valence-electron chi connectivity index (χ2n) is 4.75. The second kappa shape index (κ2) is 7.05. The molecule has 0 fully saturated rings. The van der Waals surface area contributed by atoms with E-state index in [4.69, 9.17) is 4.74 Å². The molecule has 100 valence electrons. The van der Waals surface area contributed by atoms with Crippen LogP contribution >= 0.6 is 11.8 Å². The Morgan fingerprint density at radius 2 is 2.28 bits per heavy atom. The Labute approximate surface area is 114 Å². The van der Waals surface area contributed by atoms with E-state index in [0.29, 0.717) is 12.0 Å². The Hall–Kier alpha value is -0.670. The zero-order chi connectivity index (χ0) is 12.8. The molecule has 1 aliphatic heterocycles. The number of ether oxygens (including phenoxy) is 1. The van der Waals surface area contributed by atoms with Crippen molar-refractivity contribution in [3.63, 3.8) is 0 Å². The van der Waals surface area contributed by atoms with E-state index in [1.54, 1.807) is 0 Å². The van der Waals surface area contributed by atoms with Gasteiger partial charge in [0.2, 0.25) is 0 Å². The minimum atomic E-state index is 0.603. The van der Waals surface area contributed by atoms with Crippen LogP contribution in [0, 0.1) is 0 Å². The monoisotopic (exact) mass is 265 g/mol. The Morgan fingerprint density at radius 1 is 1.44 bits per heavy atom. The molecular weight excluding hydrogens is 242 g/mol. The Balaban J connectivity index is 2.01. The van der Waals surface area contributed by atoms with Gasteiger partial charge in [-0.3, -0.25) is 0 Å². The van der Waals surface area contributed by atoms with Gasteiger partial charge in [0, 0.05) is 11.8 Å². The minimum Gasteiger partial charge on any atom is -0.493 e. The van der Waals surface area contributed by atoms with Gasteiger partial charge in [-0.2, -0.15) is 11.8 Å². The molecule has 1 aromatic carbocycles. The SMILES string of the molecule is CCSCC(CC1CCOc2ccccc21)NC. The summed E-state index contributed by atoms with van der Waals surface area (Å²) in [6.45, 7) is 3.08. The van der Waals surface area contributed by atoms with E-state index in [1.807, 2.05) is 11.8 Å². The fourth-order valence-corrected chi connectivity index (χ4v) is 3.36. The molecule has 3 heteroatoms. The molecule has 0 spiro atoms. The maximum Gasteiger partial charge on any atom is 0.122 e. The van der Waals surface area contributed by atoms with Crippen molar-refractivity contribution >= 4 is 11.8 Å². The Morgan fingerprint density at radius 3 is 3.06 bits per heavy atom. The van der Waals surface area contributed by atoms with Gasteiger partial charge in [-0.15, -0.1) is 0 Å². The molecule has 0 aromatic heterocycles. The first kappa shape index (κ1) is 13.8. The average molecular weight is 265 g/mol. The lowest BCUT2D eigenvalue weighted by molar-refractivity contribution is 0.258. The molecule has 1 aliphatic rings. The normalized spacial score (nSPS) is 20.0. The highest BCUT2D eigenvalue weighted by Crippen LogP contribution is 2.36. The number of nitrogens with one attached hydrogen (secondary N) is 1. The van der Waals surface area contributed by atoms with Crippen LogP contribution in [0.15, 0.2) is 24.3 Å². The Bertz CT molecular complexity index is 369. The van der Waals surface area contributed by atoms with Crippen molar-refractivity contribution in [2.24, 2.45) is 0 Å². The molecule has 0 radical (unpaired) electrons. The van der Waals surface area contributed by atoms with E-state index in [2.05, 4.69) is 43.6 Å². The topological polar surface area (TPSA) is 21.3 Å². The molecule has 2 unspecified atom stereocenters. The first-order chi connectivity index (χ1) is 8.85. The van der Waals surface area contributed by atoms with Gasteiger partial charge in [0.1, 0.15) is 5.75 Å². The van der Waals surface area contributed by atoms with E-state index in [-0.39, 0.29) is 0 Å². The molecule has 18 heavy (non-hydrogen) atoms. The zero-order valence-corrected chi connectivity index (χ0v) is 12.1. The smallest absolute Gasteiger partial charge is 0.122 e. The average Bonchev–Trinajstić information content (AvgIpc) is 2.43. The summed E-state index contributed by atoms with van der Waals surface area (Å²) in [7, 11) is 2.08. The molecular formula is C15H23NOS. The molecule has 0 saturated carbocycles. The molecule has 0 saturated heterocycles. The summed E-state index contributed by atoms with van der Waals surface area (Å²) in [5.41, 5.74) is 1.39. The molecule has 1 aromatic rings. The molecule has 2 atom stereocenters. The number of benzene rings is 1. The summed E-state index contributed by atoms with van der Waals surface area (Å²) in [6.07, 6.45) is 2.36. The van der Waals surface area contributed by atoms with Crippen LogP contribution in [0.25, 0.3) is 0 Å². The number of thioether (sulfide) groups is 1. The summed E-state index contributed by atoms with van der Waals surface area (Å²) >= 11 is 2.02. The third-order valence-corrected chi connectivity index (χ3v) is 4.63. The van der Waals surface area contributed by atoms with Crippen LogP contribution in [0.1, 0.15) is 31.2 Å². The van der Waals surface area contributed by atoms with E-state index in [9.17, 15) is 0 Å². The summed E-state index contributed by atoms with van der Waals surface area (Å²) in [4.78, 5) is 0. The number of hydrogen-bond donors (Lipinski definition) is 1. The van der Waals surface area contributed by atoms with Gasteiger partial charge >= 0.3 is 0 Å². The van der Waals surface area contributed by atoms with Crippen LogP contribution in [0.3, 0.4) is 0 Å². The summed E-state index contributed by atoms with van der Waals surface area (Å²) in [5, 5.41) is 3.45. The number of hydrogen-bond acceptors (Lipinski definition) is 3. The van der Waals surface area contributed by atoms with Crippen molar-refractivity contribution in [3.05, 3.63) is 29.8 Å². The highest BCUT2D eigenvalue weighted by molar-refractivity contribution is 7.99. The van der Waals surface area contributed by atoms with Crippen molar-refractivity contribution in [3.8, 4) is 5.75 Å². The van der Waals surface area contributed by atoms with Gasteiger partial charge in [0.15, 0.2) is 0 Å². The predicted molar refractivity (Wildman–Crippen MR) is 79.8 cm³/mol. The number of rotatable bonds is 6. The van der Waals surface area contributed by atoms with Crippen molar-refractivity contribution in [2.45, 2.75) is 31.7 Å². The van der Waals surface area contributed by atoms with Gasteiger partial charge in [0.25, 0.3) is 0 Å². The highest BCUT2D eigenvalue weighted by Gasteiger charge is 2.23. The van der Waals surface area contributed by atoms with E-state index >= 15 is 0 Å². The van der Waals surface area contributed by atoms with Gasteiger partial charge in [-0.25, -0.2) is 0 Å². The van der Waals surface area contributed by atoms with Crippen molar-refractivity contribution < 1.29 is 4.74 Å². The molecule has 2 rings (SSSR count). The van der Waals surface area contributed by atoms with E-state index in [0.717, 1.165) is 18.8 Å². The van der Waals surface area contributed by atoms with Gasteiger partial charge in [-0.1, -0.05) is 25.1 Å². The van der Waals surface area contributed by atoms with Gasteiger partial charge in [-0.05, 0) is 43.2 Å². The molecule has 0 amide bonds. The number of fused-ring (bicyclic) bond motifs is 1. The van der Waals surface area contributed by atoms with Crippen LogP contribution in [0.5, 0.6) is 5.75 Å². The molecule has 2 nitrogen and oxygen atoms in total. The maximum atomic E-state index is 5.72. The third kappa shape index (κ3) is 3.42. The molecule has 0 bridgehead atoms. The van der Waals surface area contributed by atoms with Crippen LogP contribution < -0.4 is 10.1 Å². The summed E-state index contributed by atoms with van der Waals surface area (Å²) in [6, 6.07) is 9.10. The lowest BCUT2D eigenvalue weighted by Gasteiger charge is -2.29. The van der Waals surface area contributed by atoms with Crippen molar-refractivity contribution in [1.82, 2.24) is 5.32 Å². The maximum absolute atomic E-state index is 5.72. The quantitative estimate of drug-likeness (QED) is 0.853. The minimum absolute atomic E-state index is 0.603. The first-order valence-corrected chi connectivity index (χ1v) is 7.97. The highest BCUT2D eigenvalue weighted by atomic mass is 32.2. The van der Waals surface area contributed by atoms with Crippen LogP contribution in [0.4, 0.5) is 0 Å². The molecule has 0 aliphatic carbocycles. The Kier molecular flexibility index (Phi) is 5.39. The van der Waals surface area contributed by atoms with Gasteiger partial charge < -0.3 is 10.1 Å². The summed E-state index contributed by atoms with van der Waals surface area (Å²) < 4.78 is 5.72. The fraction of sp³-hybridized carbons (Fsp3) is 0.600. The lowest BCUT2D eigenvalue weighted by atomic mass is 9.88. The van der Waals surface area contributed by atoms with Gasteiger partial charge in [0.05, 0.1) is 6.61 Å². The van der Waals surface area contributed by atoms with E-state index < -0.39 is 0 Å². The standard InChI is InChI=1S/C15H23NOS/c1-3-18-11-13(16-2)10-12-8-9-17-15-7-5-4-6-14(12)15/h4-7,12-13,16H,3,8-11H2,1-2H3. The first-order valence-electron chi connectivity index (χ1n) is 6.81. The molecule has 1 N–H and O–H groups in total. The third-order valence-electron chi connectivity index (χ3n) is 3.58. The van der Waals surface area contributed by atoms with Crippen molar-refractivity contribution in [1.29, 1.82) is 0 Å². The fourth-order valence-electron chi connectivity index (χ4n) is 2.53. The van der Waals surface area contributed by atoms with Crippen molar-refractivity contribution in [2.75, 3.05) is 25.2 Å². The second-order valence-corrected chi connectivity index (χ2v) is 6.07. The largest absolute Gasteiger partial charge is 0.493 e. The van der Waals surface area contributed by atoms with Crippen LogP contribution in [-0.4, -0.2) is 31.2 Å². The predicted octanol–water partition coefficient (Wildman–Crippen LogP) is 3.28. The number of para-hydroxylation sites is 1. The van der Waals surface area contributed by atoms with E-state index in [1.165, 1.54) is 23.5 Å². The summed E-state index contributed by atoms with van der Waals surface area (Å²) in [5.74, 6) is 4.13. The zero-order valence-electron chi connectivity index (χ0n) is 11.3. The lowest BCUT2D eigenvalue weighted by Crippen LogP contribution is -2.31. The van der Waals surface area contributed by atoms with Crippen LogP contribution in [0.2, 0.25) is 0 Å². The van der Waals surface area contributed by atoms with Crippen LogP contribution in [-0.2, 0) is 0 Å².